The van der Waals surface area contributed by atoms with Crippen LogP contribution in [0.15, 0.2) is 18.3 Å². The average molecular weight is 251 g/mol. The number of rotatable bonds is 7. The number of aromatic nitrogens is 1. The van der Waals surface area contributed by atoms with Gasteiger partial charge in [-0.25, -0.2) is 0 Å². The van der Waals surface area contributed by atoms with E-state index in [1.54, 1.807) is 25.4 Å². The summed E-state index contributed by atoms with van der Waals surface area (Å²) in [5, 5.41) is 14.1. The Morgan fingerprint density at radius 1 is 1.39 bits per heavy atom. The van der Waals surface area contributed by atoms with Gasteiger partial charge in [-0.05, 0) is 25.0 Å². The Labute approximate surface area is 105 Å². The number of amides is 1. The van der Waals surface area contributed by atoms with Crippen molar-refractivity contribution in [3.8, 4) is 0 Å². The molecule has 98 valence electrons. The first kappa shape index (κ1) is 14.0. The van der Waals surface area contributed by atoms with Crippen molar-refractivity contribution in [2.45, 2.75) is 19.3 Å². The van der Waals surface area contributed by atoms with E-state index in [2.05, 4.69) is 15.6 Å². The topological polar surface area (TPSA) is 91.3 Å². The Hall–Kier alpha value is -2.11. The minimum atomic E-state index is -0.777. The van der Waals surface area contributed by atoms with Gasteiger partial charge in [0.25, 0.3) is 5.91 Å². The molecule has 0 saturated heterocycles. The van der Waals surface area contributed by atoms with E-state index in [9.17, 15) is 9.59 Å². The van der Waals surface area contributed by atoms with Gasteiger partial charge in [-0.2, -0.15) is 0 Å². The van der Waals surface area contributed by atoms with E-state index in [1.165, 1.54) is 0 Å². The van der Waals surface area contributed by atoms with Crippen LogP contribution in [0.1, 0.15) is 29.8 Å². The first-order valence-corrected chi connectivity index (χ1v) is 5.77. The summed E-state index contributed by atoms with van der Waals surface area (Å²) < 4.78 is 0. The summed E-state index contributed by atoms with van der Waals surface area (Å²) in [6.07, 6.45) is 3.14. The quantitative estimate of drug-likeness (QED) is 0.631. The molecule has 0 atom stereocenters. The molecule has 1 aromatic rings. The van der Waals surface area contributed by atoms with Gasteiger partial charge in [0.2, 0.25) is 0 Å². The third-order valence-electron chi connectivity index (χ3n) is 2.37. The summed E-state index contributed by atoms with van der Waals surface area (Å²) in [4.78, 5) is 25.6. The zero-order chi connectivity index (χ0) is 13.4. The summed E-state index contributed by atoms with van der Waals surface area (Å²) in [7, 11) is 1.55. The maximum absolute atomic E-state index is 11.4. The second-order valence-electron chi connectivity index (χ2n) is 3.79. The molecule has 0 bridgehead atoms. The van der Waals surface area contributed by atoms with E-state index in [1.807, 2.05) is 0 Å². The van der Waals surface area contributed by atoms with Gasteiger partial charge in [0.15, 0.2) is 0 Å². The Morgan fingerprint density at radius 2 is 2.17 bits per heavy atom. The summed E-state index contributed by atoms with van der Waals surface area (Å²) in [6.45, 7) is 0.671. The first-order chi connectivity index (χ1) is 8.63. The van der Waals surface area contributed by atoms with Crippen LogP contribution in [-0.2, 0) is 4.79 Å². The second kappa shape index (κ2) is 7.26. The highest BCUT2D eigenvalue weighted by molar-refractivity contribution is 5.92. The van der Waals surface area contributed by atoms with Crippen molar-refractivity contribution >= 4 is 17.6 Å². The molecule has 0 radical (unpaired) electrons. The number of aliphatic carboxylic acids is 1. The molecule has 0 fully saturated rings. The number of carboxylic acids is 1. The molecule has 1 aromatic heterocycles. The van der Waals surface area contributed by atoms with E-state index in [4.69, 9.17) is 5.11 Å². The van der Waals surface area contributed by atoms with Crippen molar-refractivity contribution in [2.75, 3.05) is 18.9 Å². The maximum Gasteiger partial charge on any atom is 0.303 e. The smallest absolute Gasteiger partial charge is 0.303 e. The van der Waals surface area contributed by atoms with Gasteiger partial charge in [-0.3, -0.25) is 14.6 Å². The molecule has 0 aromatic carbocycles. The molecule has 0 aliphatic heterocycles. The molecular weight excluding hydrogens is 234 g/mol. The summed E-state index contributed by atoms with van der Waals surface area (Å²) >= 11 is 0. The Morgan fingerprint density at radius 3 is 2.83 bits per heavy atom. The minimum Gasteiger partial charge on any atom is -0.481 e. The number of carboxylic acid groups (broad SMARTS) is 1. The van der Waals surface area contributed by atoms with Gasteiger partial charge in [0.1, 0.15) is 5.69 Å². The lowest BCUT2D eigenvalue weighted by molar-refractivity contribution is -0.137. The molecular formula is C12H17N3O3. The average Bonchev–Trinajstić information content (AvgIpc) is 2.37. The normalized spacial score (nSPS) is 9.83. The highest BCUT2D eigenvalue weighted by atomic mass is 16.4. The highest BCUT2D eigenvalue weighted by Crippen LogP contribution is 2.08. The van der Waals surface area contributed by atoms with Crippen LogP contribution >= 0.6 is 0 Å². The van der Waals surface area contributed by atoms with Gasteiger partial charge in [-0.1, -0.05) is 0 Å². The number of hydrogen-bond acceptors (Lipinski definition) is 4. The molecule has 1 rings (SSSR count). The van der Waals surface area contributed by atoms with Crippen LogP contribution in [-0.4, -0.2) is 35.6 Å². The fraction of sp³-hybridized carbons (Fsp3) is 0.417. The third-order valence-corrected chi connectivity index (χ3v) is 2.37. The number of nitrogens with zero attached hydrogens (tertiary/aromatic N) is 1. The SMILES string of the molecule is CNC(=O)c1cc(NCCCCC(=O)O)ccn1. The van der Waals surface area contributed by atoms with E-state index < -0.39 is 5.97 Å². The van der Waals surface area contributed by atoms with Gasteiger partial charge >= 0.3 is 5.97 Å². The fourth-order valence-corrected chi connectivity index (χ4v) is 1.43. The minimum absolute atomic E-state index is 0.182. The van der Waals surface area contributed by atoms with E-state index >= 15 is 0 Å². The maximum atomic E-state index is 11.4. The number of hydrogen-bond donors (Lipinski definition) is 3. The van der Waals surface area contributed by atoms with E-state index in [-0.39, 0.29) is 12.3 Å². The van der Waals surface area contributed by atoms with Crippen LogP contribution in [0.5, 0.6) is 0 Å². The van der Waals surface area contributed by atoms with Gasteiger partial charge in [0.05, 0.1) is 0 Å². The first-order valence-electron chi connectivity index (χ1n) is 5.77. The molecule has 0 aliphatic rings. The van der Waals surface area contributed by atoms with Crippen molar-refractivity contribution in [1.29, 1.82) is 0 Å². The molecule has 0 aliphatic carbocycles. The lowest BCUT2D eigenvalue weighted by atomic mass is 10.2. The predicted molar refractivity (Wildman–Crippen MR) is 67.6 cm³/mol. The fourth-order valence-electron chi connectivity index (χ4n) is 1.43. The molecule has 6 heteroatoms. The number of pyridine rings is 1. The monoisotopic (exact) mass is 251 g/mol. The van der Waals surface area contributed by atoms with Crippen LogP contribution in [0.2, 0.25) is 0 Å². The van der Waals surface area contributed by atoms with Crippen LogP contribution < -0.4 is 10.6 Å². The Kier molecular flexibility index (Phi) is 5.63. The van der Waals surface area contributed by atoms with Crippen LogP contribution in [0, 0.1) is 0 Å². The van der Waals surface area contributed by atoms with Gasteiger partial charge in [0, 0.05) is 31.9 Å². The summed E-state index contributed by atoms with van der Waals surface area (Å²) in [5.74, 6) is -1.01. The van der Waals surface area contributed by atoms with Crippen molar-refractivity contribution in [3.05, 3.63) is 24.0 Å². The number of unbranched alkanes of at least 4 members (excludes halogenated alkanes) is 1. The van der Waals surface area contributed by atoms with E-state index in [0.29, 0.717) is 18.7 Å². The predicted octanol–water partition coefficient (Wildman–Crippen LogP) is 1.11. The highest BCUT2D eigenvalue weighted by Gasteiger charge is 2.04. The third kappa shape index (κ3) is 4.82. The standard InChI is InChI=1S/C12H17N3O3/c1-13-12(18)10-8-9(5-7-15-10)14-6-3-2-4-11(16)17/h5,7-8H,2-4,6H2,1H3,(H,13,18)(H,14,15)(H,16,17). The number of carbonyl (C=O) groups is 2. The molecule has 0 spiro atoms. The lowest BCUT2D eigenvalue weighted by Crippen LogP contribution is -2.19. The van der Waals surface area contributed by atoms with Crippen LogP contribution in [0.4, 0.5) is 5.69 Å². The van der Waals surface area contributed by atoms with Crippen molar-refractivity contribution in [1.82, 2.24) is 10.3 Å². The zero-order valence-electron chi connectivity index (χ0n) is 10.3. The van der Waals surface area contributed by atoms with Gasteiger partial charge < -0.3 is 15.7 Å². The van der Waals surface area contributed by atoms with Crippen molar-refractivity contribution in [3.63, 3.8) is 0 Å². The summed E-state index contributed by atoms with van der Waals surface area (Å²) in [5.41, 5.74) is 1.16. The van der Waals surface area contributed by atoms with Crippen molar-refractivity contribution < 1.29 is 14.7 Å². The lowest BCUT2D eigenvalue weighted by Gasteiger charge is -2.06. The van der Waals surface area contributed by atoms with Gasteiger partial charge in [-0.15, -0.1) is 0 Å². The molecule has 0 unspecified atom stereocenters. The van der Waals surface area contributed by atoms with Crippen LogP contribution in [0.3, 0.4) is 0 Å². The molecule has 6 nitrogen and oxygen atoms in total. The number of anilines is 1. The molecule has 18 heavy (non-hydrogen) atoms. The molecule has 3 N–H and O–H groups in total. The molecule has 1 heterocycles. The van der Waals surface area contributed by atoms with Crippen LogP contribution in [0.25, 0.3) is 0 Å². The number of nitrogens with one attached hydrogen (secondary N) is 2. The van der Waals surface area contributed by atoms with E-state index in [0.717, 1.165) is 12.1 Å². The largest absolute Gasteiger partial charge is 0.481 e. The zero-order valence-corrected chi connectivity index (χ0v) is 10.3. The second-order valence-corrected chi connectivity index (χ2v) is 3.79. The van der Waals surface area contributed by atoms with Crippen molar-refractivity contribution in [2.24, 2.45) is 0 Å². The number of carbonyl (C=O) groups excluding carboxylic acids is 1. The Balaban J connectivity index is 2.38. The molecule has 1 amide bonds. The molecule has 0 saturated carbocycles. The summed E-state index contributed by atoms with van der Waals surface area (Å²) in [6, 6.07) is 3.43. The Bertz CT molecular complexity index is 421.